The van der Waals surface area contributed by atoms with Gasteiger partial charge in [-0.3, -0.25) is 9.10 Å². The van der Waals surface area contributed by atoms with Crippen LogP contribution >= 0.6 is 23.4 Å². The standard InChI is InChI=1S/C17H19ClN2O3S2/c1-3-20(14-7-5-4-6-8-14)25(22,23)16-11-13(9-10-15(16)18)19-17(21)12-24-2/h4-11H,3,12H2,1-2H3,(H,19,21). The Bertz CT molecular complexity index is 842. The van der Waals surface area contributed by atoms with E-state index in [1.165, 1.54) is 28.2 Å². The summed E-state index contributed by atoms with van der Waals surface area (Å²) >= 11 is 7.53. The van der Waals surface area contributed by atoms with Crippen LogP contribution in [-0.2, 0) is 14.8 Å². The van der Waals surface area contributed by atoms with Gasteiger partial charge in [0.25, 0.3) is 10.0 Å². The molecule has 8 heteroatoms. The molecule has 1 N–H and O–H groups in total. The topological polar surface area (TPSA) is 66.5 Å². The van der Waals surface area contributed by atoms with Gasteiger partial charge >= 0.3 is 0 Å². The number of sulfonamides is 1. The first-order chi connectivity index (χ1) is 11.9. The SMILES string of the molecule is CCN(c1ccccc1)S(=O)(=O)c1cc(NC(=O)CSC)ccc1Cl. The van der Waals surface area contributed by atoms with Crippen LogP contribution in [0.1, 0.15) is 6.92 Å². The molecule has 0 unspecified atom stereocenters. The Labute approximate surface area is 157 Å². The molecule has 0 aliphatic heterocycles. The molecule has 0 saturated heterocycles. The van der Waals surface area contributed by atoms with Gasteiger partial charge in [-0.15, -0.1) is 0 Å². The summed E-state index contributed by atoms with van der Waals surface area (Å²) < 4.78 is 27.4. The molecule has 0 bridgehead atoms. The van der Waals surface area contributed by atoms with Gasteiger partial charge < -0.3 is 5.32 Å². The van der Waals surface area contributed by atoms with Crippen molar-refractivity contribution in [2.75, 3.05) is 28.2 Å². The summed E-state index contributed by atoms with van der Waals surface area (Å²) in [6, 6.07) is 13.3. The van der Waals surface area contributed by atoms with E-state index >= 15 is 0 Å². The maximum Gasteiger partial charge on any atom is 0.265 e. The molecule has 0 fully saturated rings. The van der Waals surface area contributed by atoms with E-state index < -0.39 is 10.0 Å². The van der Waals surface area contributed by atoms with Crippen LogP contribution in [0.5, 0.6) is 0 Å². The summed E-state index contributed by atoms with van der Waals surface area (Å²) in [5.41, 5.74) is 0.948. The van der Waals surface area contributed by atoms with Gasteiger partial charge in [0.05, 0.1) is 16.5 Å². The van der Waals surface area contributed by atoms with Crippen LogP contribution in [0.3, 0.4) is 0 Å². The number of benzene rings is 2. The highest BCUT2D eigenvalue weighted by Gasteiger charge is 2.26. The Morgan fingerprint density at radius 1 is 1.20 bits per heavy atom. The van der Waals surface area contributed by atoms with E-state index in [-0.39, 0.29) is 28.1 Å². The molecule has 0 spiro atoms. The molecule has 25 heavy (non-hydrogen) atoms. The lowest BCUT2D eigenvalue weighted by Crippen LogP contribution is -2.31. The average molecular weight is 399 g/mol. The maximum atomic E-state index is 13.1. The fourth-order valence-electron chi connectivity index (χ4n) is 2.31. The Hall–Kier alpha value is -1.70. The smallest absolute Gasteiger partial charge is 0.265 e. The van der Waals surface area contributed by atoms with Crippen molar-refractivity contribution in [2.45, 2.75) is 11.8 Å². The van der Waals surface area contributed by atoms with Crippen molar-refractivity contribution in [3.05, 3.63) is 53.6 Å². The Morgan fingerprint density at radius 2 is 1.88 bits per heavy atom. The fraction of sp³-hybridized carbons (Fsp3) is 0.235. The molecule has 0 aliphatic carbocycles. The second-order valence-electron chi connectivity index (χ2n) is 5.13. The third-order valence-electron chi connectivity index (χ3n) is 3.39. The van der Waals surface area contributed by atoms with Crippen molar-refractivity contribution >= 4 is 50.7 Å². The van der Waals surface area contributed by atoms with Crippen LogP contribution in [0.25, 0.3) is 0 Å². The highest BCUT2D eigenvalue weighted by molar-refractivity contribution is 7.99. The summed E-state index contributed by atoms with van der Waals surface area (Å²) in [5, 5.41) is 2.79. The average Bonchev–Trinajstić information content (AvgIpc) is 2.58. The number of thioether (sulfide) groups is 1. The molecule has 2 rings (SSSR count). The van der Waals surface area contributed by atoms with Crippen LogP contribution in [0.15, 0.2) is 53.4 Å². The van der Waals surface area contributed by atoms with Gasteiger partial charge in [-0.25, -0.2) is 8.42 Å². The van der Waals surface area contributed by atoms with Gasteiger partial charge in [0.1, 0.15) is 4.90 Å². The van der Waals surface area contributed by atoms with E-state index in [0.29, 0.717) is 11.4 Å². The van der Waals surface area contributed by atoms with Gasteiger partial charge in [0.15, 0.2) is 0 Å². The normalized spacial score (nSPS) is 11.2. The first-order valence-electron chi connectivity index (χ1n) is 7.56. The number of carbonyl (C=O) groups excluding carboxylic acids is 1. The number of amides is 1. The predicted octanol–water partition coefficient (Wildman–Crippen LogP) is 3.86. The minimum atomic E-state index is -3.86. The lowest BCUT2D eigenvalue weighted by Gasteiger charge is -2.23. The zero-order valence-electron chi connectivity index (χ0n) is 13.9. The highest BCUT2D eigenvalue weighted by atomic mass is 35.5. The largest absolute Gasteiger partial charge is 0.325 e. The van der Waals surface area contributed by atoms with Crippen molar-refractivity contribution in [2.24, 2.45) is 0 Å². The third-order valence-corrected chi connectivity index (χ3v) is 6.33. The summed E-state index contributed by atoms with van der Waals surface area (Å²) in [7, 11) is -3.86. The van der Waals surface area contributed by atoms with E-state index in [4.69, 9.17) is 11.6 Å². The number of anilines is 2. The lowest BCUT2D eigenvalue weighted by atomic mass is 10.3. The number of hydrogen-bond donors (Lipinski definition) is 1. The summed E-state index contributed by atoms with van der Waals surface area (Å²) in [4.78, 5) is 11.7. The van der Waals surface area contributed by atoms with Crippen LogP contribution in [0.4, 0.5) is 11.4 Å². The molecular formula is C17H19ClN2O3S2. The van der Waals surface area contributed by atoms with E-state index in [2.05, 4.69) is 5.32 Å². The fourth-order valence-corrected chi connectivity index (χ4v) is 4.62. The number of nitrogens with one attached hydrogen (secondary N) is 1. The van der Waals surface area contributed by atoms with Gasteiger partial charge in [-0.05, 0) is 43.5 Å². The zero-order chi connectivity index (χ0) is 18.4. The van der Waals surface area contributed by atoms with Crippen LogP contribution in [0.2, 0.25) is 5.02 Å². The monoisotopic (exact) mass is 398 g/mol. The molecule has 134 valence electrons. The number of rotatable bonds is 7. The van der Waals surface area contributed by atoms with Crippen LogP contribution < -0.4 is 9.62 Å². The molecule has 0 aromatic heterocycles. The molecule has 0 aliphatic rings. The molecular weight excluding hydrogens is 380 g/mol. The predicted molar refractivity (Wildman–Crippen MR) is 105 cm³/mol. The zero-order valence-corrected chi connectivity index (χ0v) is 16.3. The summed E-state index contributed by atoms with van der Waals surface area (Å²) in [6.07, 6.45) is 1.82. The van der Waals surface area contributed by atoms with Gasteiger partial charge in [-0.1, -0.05) is 29.8 Å². The van der Waals surface area contributed by atoms with Crippen molar-refractivity contribution < 1.29 is 13.2 Å². The Balaban J connectivity index is 2.42. The lowest BCUT2D eigenvalue weighted by molar-refractivity contribution is -0.113. The number of carbonyl (C=O) groups is 1. The molecule has 0 heterocycles. The van der Waals surface area contributed by atoms with Crippen molar-refractivity contribution in [1.29, 1.82) is 0 Å². The van der Waals surface area contributed by atoms with Gasteiger partial charge in [0, 0.05) is 12.2 Å². The van der Waals surface area contributed by atoms with Gasteiger partial charge in [-0.2, -0.15) is 11.8 Å². The minimum Gasteiger partial charge on any atom is -0.325 e. The first-order valence-corrected chi connectivity index (χ1v) is 10.8. The highest BCUT2D eigenvalue weighted by Crippen LogP contribution is 2.30. The molecule has 0 atom stereocenters. The van der Waals surface area contributed by atoms with Crippen molar-refractivity contribution in [1.82, 2.24) is 0 Å². The molecule has 2 aromatic rings. The van der Waals surface area contributed by atoms with Crippen molar-refractivity contribution in [3.63, 3.8) is 0 Å². The van der Waals surface area contributed by atoms with E-state index in [0.717, 1.165) is 0 Å². The number of halogens is 1. The molecule has 0 radical (unpaired) electrons. The van der Waals surface area contributed by atoms with Gasteiger partial charge in [0.2, 0.25) is 5.91 Å². The minimum absolute atomic E-state index is 0.0400. The Morgan fingerprint density at radius 3 is 2.48 bits per heavy atom. The van der Waals surface area contributed by atoms with E-state index in [1.807, 2.05) is 12.3 Å². The second-order valence-corrected chi connectivity index (χ2v) is 8.24. The first kappa shape index (κ1) is 19.6. The van der Waals surface area contributed by atoms with Crippen molar-refractivity contribution in [3.8, 4) is 0 Å². The third kappa shape index (κ3) is 4.68. The molecule has 1 amide bonds. The maximum absolute atomic E-state index is 13.1. The number of nitrogens with zero attached hydrogens (tertiary/aromatic N) is 1. The molecule has 5 nitrogen and oxygen atoms in total. The number of para-hydroxylation sites is 1. The van der Waals surface area contributed by atoms with Crippen LogP contribution in [0, 0.1) is 0 Å². The quantitative estimate of drug-likeness (QED) is 0.769. The summed E-state index contributed by atoms with van der Waals surface area (Å²) in [5.74, 6) is 0.0871. The van der Waals surface area contributed by atoms with Crippen LogP contribution in [-0.4, -0.2) is 32.9 Å². The number of hydrogen-bond acceptors (Lipinski definition) is 4. The van der Waals surface area contributed by atoms with E-state index in [9.17, 15) is 13.2 Å². The second kappa shape index (κ2) is 8.60. The molecule has 2 aromatic carbocycles. The van der Waals surface area contributed by atoms with E-state index in [1.54, 1.807) is 37.3 Å². The molecule has 0 saturated carbocycles. The Kier molecular flexibility index (Phi) is 6.75. The summed E-state index contributed by atoms with van der Waals surface area (Å²) in [6.45, 7) is 2.01.